The fraction of sp³-hybridized carbons (Fsp3) is 0.588. The van der Waals surface area contributed by atoms with Crippen LogP contribution in [0.5, 0.6) is 0 Å². The zero-order chi connectivity index (χ0) is 18.3. The van der Waals surface area contributed by atoms with Crippen molar-refractivity contribution < 1.29 is 13.2 Å². The highest BCUT2D eigenvalue weighted by molar-refractivity contribution is 7.98. The van der Waals surface area contributed by atoms with Gasteiger partial charge in [-0.2, -0.15) is 16.5 Å². The van der Waals surface area contributed by atoms with Crippen LogP contribution in [-0.2, 0) is 14.8 Å². The molecule has 0 aromatic heterocycles. The third-order valence-corrected chi connectivity index (χ3v) is 6.32. The highest BCUT2D eigenvalue weighted by Crippen LogP contribution is 2.14. The first kappa shape index (κ1) is 23.2. The quantitative estimate of drug-likeness (QED) is 0.699. The van der Waals surface area contributed by atoms with E-state index in [1.54, 1.807) is 40.9 Å². The molecule has 2 rings (SSSR count). The van der Waals surface area contributed by atoms with E-state index in [2.05, 4.69) is 10.0 Å². The van der Waals surface area contributed by atoms with E-state index in [0.717, 1.165) is 30.8 Å². The lowest BCUT2D eigenvalue weighted by molar-refractivity contribution is -0.132. The Morgan fingerprint density at radius 2 is 1.96 bits per heavy atom. The van der Waals surface area contributed by atoms with E-state index in [1.807, 2.05) is 13.2 Å². The molecule has 1 aromatic rings. The Morgan fingerprint density at radius 1 is 1.27 bits per heavy atom. The average Bonchev–Trinajstić information content (AvgIpc) is 2.87. The van der Waals surface area contributed by atoms with Gasteiger partial charge in [0.1, 0.15) is 6.04 Å². The Morgan fingerprint density at radius 3 is 2.62 bits per heavy atom. The fourth-order valence-corrected chi connectivity index (χ4v) is 4.42. The van der Waals surface area contributed by atoms with E-state index in [1.165, 1.54) is 0 Å². The molecule has 0 aliphatic carbocycles. The van der Waals surface area contributed by atoms with Crippen LogP contribution in [-0.4, -0.2) is 63.5 Å². The van der Waals surface area contributed by atoms with Crippen LogP contribution in [0.1, 0.15) is 18.4 Å². The molecule has 2 N–H and O–H groups in total. The van der Waals surface area contributed by atoms with E-state index < -0.39 is 16.1 Å². The van der Waals surface area contributed by atoms with Crippen LogP contribution in [0.3, 0.4) is 0 Å². The smallest absolute Gasteiger partial charge is 0.241 e. The maximum absolute atomic E-state index is 12.9. The molecule has 1 aliphatic rings. The van der Waals surface area contributed by atoms with Gasteiger partial charge in [-0.1, -0.05) is 17.7 Å². The number of thioether (sulfide) groups is 1. The number of hydrogen-bond donors (Lipinski definition) is 2. The zero-order valence-electron chi connectivity index (χ0n) is 15.2. The molecule has 148 valence electrons. The molecule has 1 aliphatic heterocycles. The molecule has 0 radical (unpaired) electrons. The van der Waals surface area contributed by atoms with Crippen molar-refractivity contribution in [3.8, 4) is 0 Å². The van der Waals surface area contributed by atoms with Crippen LogP contribution in [0.2, 0.25) is 0 Å². The van der Waals surface area contributed by atoms with Gasteiger partial charge in [-0.05, 0) is 50.5 Å². The van der Waals surface area contributed by atoms with Gasteiger partial charge in [-0.25, -0.2) is 8.42 Å². The van der Waals surface area contributed by atoms with Gasteiger partial charge in [-0.15, -0.1) is 12.4 Å². The standard InChI is InChI=1S/C17H27N3O3S2.ClH/c1-14-4-6-15(7-5-14)25(22,23)19-16(8-13-24-2)17(21)20-11-3-9-18-10-12-20;/h4-7,16,18-19H,3,8-13H2,1-2H3;1H. The van der Waals surface area contributed by atoms with E-state index in [9.17, 15) is 13.2 Å². The zero-order valence-corrected chi connectivity index (χ0v) is 17.7. The number of carbonyl (C=O) groups excluding carboxylic acids is 1. The molecular weight excluding hydrogens is 394 g/mol. The molecule has 1 atom stereocenters. The molecule has 1 aromatic carbocycles. The highest BCUT2D eigenvalue weighted by Gasteiger charge is 2.29. The summed E-state index contributed by atoms with van der Waals surface area (Å²) in [5.74, 6) is 0.590. The summed E-state index contributed by atoms with van der Waals surface area (Å²) in [5, 5.41) is 3.26. The van der Waals surface area contributed by atoms with Crippen molar-refractivity contribution >= 4 is 40.1 Å². The van der Waals surface area contributed by atoms with Gasteiger partial charge in [-0.3, -0.25) is 4.79 Å². The van der Waals surface area contributed by atoms with Crippen molar-refractivity contribution in [2.24, 2.45) is 0 Å². The number of benzene rings is 1. The Labute approximate surface area is 166 Å². The van der Waals surface area contributed by atoms with Crippen molar-refractivity contribution in [1.82, 2.24) is 14.9 Å². The van der Waals surface area contributed by atoms with Gasteiger partial charge in [0.05, 0.1) is 4.90 Å². The summed E-state index contributed by atoms with van der Waals surface area (Å²) in [6.07, 6.45) is 3.31. The molecular formula is C17H28ClN3O3S2. The number of aryl methyl sites for hydroxylation is 1. The van der Waals surface area contributed by atoms with Crippen LogP contribution in [0.4, 0.5) is 0 Å². The molecule has 6 nitrogen and oxygen atoms in total. The lowest BCUT2D eigenvalue weighted by atomic mass is 10.2. The van der Waals surface area contributed by atoms with E-state index in [-0.39, 0.29) is 23.2 Å². The Kier molecular flexibility index (Phi) is 9.95. The SMILES string of the molecule is CSCCC(NS(=O)(=O)c1ccc(C)cc1)C(=O)N1CCCNCC1.Cl. The van der Waals surface area contributed by atoms with Crippen molar-refractivity contribution in [3.63, 3.8) is 0 Å². The lowest BCUT2D eigenvalue weighted by Crippen LogP contribution is -2.49. The minimum Gasteiger partial charge on any atom is -0.340 e. The molecule has 9 heteroatoms. The van der Waals surface area contributed by atoms with E-state index >= 15 is 0 Å². The number of carbonyl (C=O) groups is 1. The summed E-state index contributed by atoms with van der Waals surface area (Å²) in [5.41, 5.74) is 0.992. The van der Waals surface area contributed by atoms with Gasteiger partial charge < -0.3 is 10.2 Å². The predicted octanol–water partition coefficient (Wildman–Crippen LogP) is 1.64. The number of sulfonamides is 1. The molecule has 1 unspecified atom stereocenters. The largest absolute Gasteiger partial charge is 0.340 e. The van der Waals surface area contributed by atoms with Crippen molar-refractivity contribution in [1.29, 1.82) is 0 Å². The van der Waals surface area contributed by atoms with Crippen LogP contribution < -0.4 is 10.0 Å². The summed E-state index contributed by atoms with van der Waals surface area (Å²) in [7, 11) is -3.72. The second-order valence-corrected chi connectivity index (χ2v) is 8.90. The first-order chi connectivity index (χ1) is 11.9. The molecule has 0 spiro atoms. The molecule has 1 amide bonds. The topological polar surface area (TPSA) is 78.5 Å². The maximum atomic E-state index is 12.9. The molecule has 26 heavy (non-hydrogen) atoms. The van der Waals surface area contributed by atoms with Crippen molar-refractivity contribution in [2.75, 3.05) is 38.2 Å². The van der Waals surface area contributed by atoms with Crippen LogP contribution in [0.25, 0.3) is 0 Å². The first-order valence-corrected chi connectivity index (χ1v) is 11.4. The molecule has 1 saturated heterocycles. The highest BCUT2D eigenvalue weighted by atomic mass is 35.5. The molecule has 0 saturated carbocycles. The summed E-state index contributed by atoms with van der Waals surface area (Å²) in [6.45, 7) is 4.80. The second-order valence-electron chi connectivity index (χ2n) is 6.20. The maximum Gasteiger partial charge on any atom is 0.241 e. The van der Waals surface area contributed by atoms with E-state index in [4.69, 9.17) is 0 Å². The van der Waals surface area contributed by atoms with Crippen LogP contribution in [0.15, 0.2) is 29.2 Å². The van der Waals surface area contributed by atoms with Gasteiger partial charge in [0.25, 0.3) is 0 Å². The van der Waals surface area contributed by atoms with Gasteiger partial charge in [0.15, 0.2) is 0 Å². The third kappa shape index (κ3) is 6.74. The molecule has 1 heterocycles. The van der Waals surface area contributed by atoms with Crippen LogP contribution >= 0.6 is 24.2 Å². The molecule has 1 fully saturated rings. The normalized spacial score (nSPS) is 16.5. The number of nitrogens with zero attached hydrogens (tertiary/aromatic N) is 1. The van der Waals surface area contributed by atoms with Gasteiger partial charge >= 0.3 is 0 Å². The Hall–Kier alpha value is -0.800. The minimum absolute atomic E-state index is 0. The van der Waals surface area contributed by atoms with E-state index in [0.29, 0.717) is 19.5 Å². The van der Waals surface area contributed by atoms with Gasteiger partial charge in [0, 0.05) is 19.6 Å². The number of rotatable bonds is 7. The number of hydrogen-bond acceptors (Lipinski definition) is 5. The second kappa shape index (κ2) is 11.1. The number of amides is 1. The number of halogens is 1. The van der Waals surface area contributed by atoms with Crippen molar-refractivity contribution in [2.45, 2.75) is 30.7 Å². The van der Waals surface area contributed by atoms with Crippen molar-refractivity contribution in [3.05, 3.63) is 29.8 Å². The predicted molar refractivity (Wildman–Crippen MR) is 110 cm³/mol. The summed E-state index contributed by atoms with van der Waals surface area (Å²) < 4.78 is 28.0. The monoisotopic (exact) mass is 421 g/mol. The summed E-state index contributed by atoms with van der Waals surface area (Å²) in [6, 6.07) is 5.94. The fourth-order valence-electron chi connectivity index (χ4n) is 2.73. The molecule has 0 bridgehead atoms. The number of nitrogens with one attached hydrogen (secondary N) is 2. The first-order valence-electron chi connectivity index (χ1n) is 8.51. The lowest BCUT2D eigenvalue weighted by Gasteiger charge is -2.26. The summed E-state index contributed by atoms with van der Waals surface area (Å²) in [4.78, 5) is 14.8. The van der Waals surface area contributed by atoms with Gasteiger partial charge in [0.2, 0.25) is 15.9 Å². The van der Waals surface area contributed by atoms with Crippen LogP contribution in [0, 0.1) is 6.92 Å². The minimum atomic E-state index is -3.72. The summed E-state index contributed by atoms with van der Waals surface area (Å²) >= 11 is 1.60. The Bertz CT molecular complexity index is 660. The Balaban J connectivity index is 0.00000338. The average molecular weight is 422 g/mol. The third-order valence-electron chi connectivity index (χ3n) is 4.19.